The Bertz CT molecular complexity index is 890. The maximum absolute atomic E-state index is 13.5. The van der Waals surface area contributed by atoms with Gasteiger partial charge in [-0.25, -0.2) is 22.9 Å². The third kappa shape index (κ3) is 4.89. The summed E-state index contributed by atoms with van der Waals surface area (Å²) in [7, 11) is 0. The summed E-state index contributed by atoms with van der Waals surface area (Å²) < 4.78 is 39.5. The maximum Gasteiger partial charge on any atom is 0.334 e. The van der Waals surface area contributed by atoms with Crippen molar-refractivity contribution in [2.75, 3.05) is 25.0 Å². The first-order chi connectivity index (χ1) is 13.5. The van der Waals surface area contributed by atoms with Crippen molar-refractivity contribution in [3.63, 3.8) is 0 Å². The minimum atomic E-state index is -1.77. The number of hydrogen-bond acceptors (Lipinski definition) is 5. The second-order valence-electron chi connectivity index (χ2n) is 6.53. The molecule has 0 saturated carbocycles. The fourth-order valence-corrected chi connectivity index (χ4v) is 2.41. The highest BCUT2D eigenvalue weighted by molar-refractivity contribution is 6.45. The van der Waals surface area contributed by atoms with Crippen LogP contribution in [0.5, 0.6) is 0 Å². The Morgan fingerprint density at radius 2 is 1.59 bits per heavy atom. The molecule has 1 aromatic rings. The van der Waals surface area contributed by atoms with Crippen molar-refractivity contribution in [3.05, 3.63) is 29.6 Å². The van der Waals surface area contributed by atoms with Crippen LogP contribution in [0.15, 0.2) is 12.1 Å². The summed E-state index contributed by atoms with van der Waals surface area (Å²) in [5.74, 6) is -9.04. The number of nitrogens with zero attached hydrogens (tertiary/aromatic N) is 2. The molecule has 2 rings (SSSR count). The molecular weight excluding hydrogens is 397 g/mol. The number of hydrogen-bond donors (Lipinski definition) is 2. The van der Waals surface area contributed by atoms with Gasteiger partial charge >= 0.3 is 17.8 Å². The Morgan fingerprint density at radius 1 is 0.966 bits per heavy atom. The zero-order valence-electron chi connectivity index (χ0n) is 15.4. The molecule has 29 heavy (non-hydrogen) atoms. The van der Waals surface area contributed by atoms with Gasteiger partial charge in [-0.2, -0.15) is 0 Å². The van der Waals surface area contributed by atoms with Gasteiger partial charge in [-0.1, -0.05) is 13.8 Å². The molecule has 1 aliphatic heterocycles. The Balaban J connectivity index is 1.90. The third-order valence-corrected chi connectivity index (χ3v) is 3.74. The first-order valence-corrected chi connectivity index (χ1v) is 8.40. The van der Waals surface area contributed by atoms with Gasteiger partial charge in [-0.3, -0.25) is 24.1 Å². The molecule has 0 atom stereocenters. The molecule has 156 valence electrons. The number of carbonyl (C=O) groups is 5. The number of anilines is 1. The normalized spacial score (nSPS) is 14.1. The Morgan fingerprint density at radius 3 is 2.21 bits per heavy atom. The van der Waals surface area contributed by atoms with Gasteiger partial charge in [0, 0.05) is 6.54 Å². The van der Waals surface area contributed by atoms with Crippen molar-refractivity contribution in [1.29, 1.82) is 0 Å². The standard InChI is InChI=1S/C17H17F3N4O5/c1-8(2)6-23-15(27)16(28)24(17(23)29)7-12(26)21-5-11(25)22-10-4-3-9(18)13(19)14(10)20/h3-4,8H,5-7H2,1-2H3,(H,21,26)(H,22,25). The molecule has 0 aliphatic carbocycles. The molecule has 1 saturated heterocycles. The SMILES string of the molecule is CC(C)CN1C(=O)C(=O)N(CC(=O)NCC(=O)Nc2ccc(F)c(F)c2F)C1=O. The van der Waals surface area contributed by atoms with Crippen LogP contribution in [0.25, 0.3) is 0 Å². The third-order valence-electron chi connectivity index (χ3n) is 3.74. The minimum Gasteiger partial charge on any atom is -0.345 e. The molecule has 1 fully saturated rings. The summed E-state index contributed by atoms with van der Waals surface area (Å²) >= 11 is 0. The zero-order chi connectivity index (χ0) is 21.9. The number of benzene rings is 1. The van der Waals surface area contributed by atoms with Crippen LogP contribution in [0.3, 0.4) is 0 Å². The average Bonchev–Trinajstić information content (AvgIpc) is 2.84. The summed E-state index contributed by atoms with van der Waals surface area (Å²) in [5.41, 5.74) is -0.636. The van der Waals surface area contributed by atoms with E-state index >= 15 is 0 Å². The molecular formula is C17H17F3N4O5. The van der Waals surface area contributed by atoms with Crippen molar-refractivity contribution in [1.82, 2.24) is 15.1 Å². The topological polar surface area (TPSA) is 116 Å². The van der Waals surface area contributed by atoms with E-state index in [1.807, 2.05) is 5.32 Å². The molecule has 0 spiro atoms. The fraction of sp³-hybridized carbons (Fsp3) is 0.353. The van der Waals surface area contributed by atoms with E-state index in [1.54, 1.807) is 13.8 Å². The van der Waals surface area contributed by atoms with Gasteiger partial charge in [0.1, 0.15) is 6.54 Å². The van der Waals surface area contributed by atoms with Crippen LogP contribution in [0.2, 0.25) is 0 Å². The number of imide groups is 2. The largest absolute Gasteiger partial charge is 0.345 e. The highest BCUT2D eigenvalue weighted by Gasteiger charge is 2.45. The number of amides is 6. The molecule has 0 radical (unpaired) electrons. The van der Waals surface area contributed by atoms with Gasteiger partial charge < -0.3 is 10.6 Å². The molecule has 1 aliphatic rings. The molecule has 1 heterocycles. The lowest BCUT2D eigenvalue weighted by Gasteiger charge is -2.16. The van der Waals surface area contributed by atoms with Gasteiger partial charge in [-0.15, -0.1) is 0 Å². The van der Waals surface area contributed by atoms with Crippen molar-refractivity contribution < 1.29 is 37.1 Å². The lowest BCUT2D eigenvalue weighted by molar-refractivity contribution is -0.144. The van der Waals surface area contributed by atoms with E-state index in [2.05, 4.69) is 5.32 Å². The van der Waals surface area contributed by atoms with Crippen molar-refractivity contribution in [2.45, 2.75) is 13.8 Å². The van der Waals surface area contributed by atoms with Crippen LogP contribution in [0, 0.1) is 23.4 Å². The first kappa shape index (κ1) is 21.9. The predicted molar refractivity (Wildman–Crippen MR) is 91.6 cm³/mol. The van der Waals surface area contributed by atoms with Crippen LogP contribution >= 0.6 is 0 Å². The zero-order valence-corrected chi connectivity index (χ0v) is 15.4. The van der Waals surface area contributed by atoms with Gasteiger partial charge in [-0.05, 0) is 18.1 Å². The van der Waals surface area contributed by atoms with Crippen molar-refractivity contribution in [3.8, 4) is 0 Å². The molecule has 12 heteroatoms. The Hall–Kier alpha value is -3.44. The molecule has 1 aromatic carbocycles. The second kappa shape index (κ2) is 8.71. The monoisotopic (exact) mass is 414 g/mol. The van der Waals surface area contributed by atoms with Crippen molar-refractivity contribution in [2.24, 2.45) is 5.92 Å². The Labute approximate surface area is 162 Å². The second-order valence-corrected chi connectivity index (χ2v) is 6.53. The number of nitrogens with one attached hydrogen (secondary N) is 2. The first-order valence-electron chi connectivity index (χ1n) is 8.40. The summed E-state index contributed by atoms with van der Waals surface area (Å²) in [6.07, 6.45) is 0. The highest BCUT2D eigenvalue weighted by atomic mass is 19.2. The van der Waals surface area contributed by atoms with E-state index in [-0.39, 0.29) is 12.5 Å². The van der Waals surface area contributed by atoms with Gasteiger partial charge in [0.05, 0.1) is 12.2 Å². The number of rotatable bonds is 7. The van der Waals surface area contributed by atoms with Crippen LogP contribution in [0.1, 0.15) is 13.8 Å². The lowest BCUT2D eigenvalue weighted by atomic mass is 10.2. The fourth-order valence-electron chi connectivity index (χ4n) is 2.41. The molecule has 0 bridgehead atoms. The van der Waals surface area contributed by atoms with Crippen LogP contribution in [-0.2, 0) is 19.2 Å². The average molecular weight is 414 g/mol. The summed E-state index contributed by atoms with van der Waals surface area (Å²) in [6, 6.07) is 0.457. The lowest BCUT2D eigenvalue weighted by Crippen LogP contribution is -2.43. The van der Waals surface area contributed by atoms with E-state index in [0.717, 1.165) is 11.0 Å². The molecule has 9 nitrogen and oxygen atoms in total. The van der Waals surface area contributed by atoms with E-state index in [9.17, 15) is 37.1 Å². The van der Waals surface area contributed by atoms with Gasteiger partial charge in [0.2, 0.25) is 11.8 Å². The van der Waals surface area contributed by atoms with E-state index in [4.69, 9.17) is 0 Å². The minimum absolute atomic E-state index is 0.00370. The van der Waals surface area contributed by atoms with Crippen LogP contribution in [-0.4, -0.2) is 59.1 Å². The summed E-state index contributed by atoms with van der Waals surface area (Å²) in [6.45, 7) is 1.95. The van der Waals surface area contributed by atoms with Crippen LogP contribution in [0.4, 0.5) is 23.7 Å². The van der Waals surface area contributed by atoms with Crippen molar-refractivity contribution >= 4 is 35.3 Å². The summed E-state index contributed by atoms with van der Waals surface area (Å²) in [4.78, 5) is 60.6. The molecule has 6 amide bonds. The number of urea groups is 1. The molecule has 2 N–H and O–H groups in total. The van der Waals surface area contributed by atoms with E-state index in [0.29, 0.717) is 11.0 Å². The molecule has 0 unspecified atom stereocenters. The van der Waals surface area contributed by atoms with E-state index in [1.165, 1.54) is 0 Å². The van der Waals surface area contributed by atoms with Gasteiger partial charge in [0.25, 0.3) is 0 Å². The Kier molecular flexibility index (Phi) is 6.56. The number of halogens is 3. The van der Waals surface area contributed by atoms with E-state index < -0.39 is 65.9 Å². The van der Waals surface area contributed by atoms with Crippen LogP contribution < -0.4 is 10.6 Å². The highest BCUT2D eigenvalue weighted by Crippen LogP contribution is 2.19. The predicted octanol–water partition coefficient (Wildman–Crippen LogP) is 0.605. The maximum atomic E-state index is 13.5. The molecule has 0 aromatic heterocycles. The quantitative estimate of drug-likeness (QED) is 0.385. The van der Waals surface area contributed by atoms with Gasteiger partial charge in [0.15, 0.2) is 17.5 Å². The summed E-state index contributed by atoms with van der Waals surface area (Å²) in [5, 5.41) is 4.00. The smallest absolute Gasteiger partial charge is 0.334 e. The number of carbonyl (C=O) groups excluding carboxylic acids is 5.